The number of halogens is 1. The van der Waals surface area contributed by atoms with Gasteiger partial charge in [0.15, 0.2) is 5.78 Å². The fourth-order valence-electron chi connectivity index (χ4n) is 3.29. The Labute approximate surface area is 148 Å². The number of rotatable bonds is 5. The minimum absolute atomic E-state index is 0.0607. The Morgan fingerprint density at radius 3 is 2.79 bits per heavy atom. The van der Waals surface area contributed by atoms with E-state index >= 15 is 0 Å². The van der Waals surface area contributed by atoms with Crippen LogP contribution in [0, 0.1) is 5.92 Å². The maximum Gasteiger partial charge on any atom is 0.167 e. The first-order valence-corrected chi connectivity index (χ1v) is 8.68. The van der Waals surface area contributed by atoms with Crippen molar-refractivity contribution in [2.24, 2.45) is 5.92 Å². The van der Waals surface area contributed by atoms with Crippen molar-refractivity contribution in [3.05, 3.63) is 64.7 Å². The molecule has 0 amide bonds. The van der Waals surface area contributed by atoms with Gasteiger partial charge >= 0.3 is 0 Å². The maximum absolute atomic E-state index is 12.7. The third kappa shape index (κ3) is 4.16. The van der Waals surface area contributed by atoms with Gasteiger partial charge in [0.25, 0.3) is 0 Å². The fourth-order valence-corrected chi connectivity index (χ4v) is 3.42. The van der Waals surface area contributed by atoms with Crippen LogP contribution in [0.25, 0.3) is 0 Å². The molecule has 0 bridgehead atoms. The van der Waals surface area contributed by atoms with E-state index < -0.39 is 0 Å². The molecule has 126 valence electrons. The molecule has 2 aromatic rings. The average Bonchev–Trinajstić information content (AvgIpc) is 2.62. The van der Waals surface area contributed by atoms with Gasteiger partial charge in [-0.05, 0) is 61.3 Å². The minimum Gasteiger partial charge on any atom is -0.497 e. The van der Waals surface area contributed by atoms with Gasteiger partial charge in [-0.15, -0.1) is 0 Å². The van der Waals surface area contributed by atoms with E-state index in [-0.39, 0.29) is 11.7 Å². The quantitative estimate of drug-likeness (QED) is 0.751. The molecule has 2 aromatic carbocycles. The number of piperidine rings is 1. The first-order valence-electron chi connectivity index (χ1n) is 8.31. The van der Waals surface area contributed by atoms with Crippen molar-refractivity contribution in [3.8, 4) is 5.75 Å². The molecule has 0 unspecified atom stereocenters. The molecule has 0 aliphatic carbocycles. The summed E-state index contributed by atoms with van der Waals surface area (Å²) in [6, 6.07) is 15.3. The molecule has 3 rings (SSSR count). The SMILES string of the molecule is COc1cccc(CN2CCC[C@H](C(=O)c3ccc(Cl)cc3)C2)c1. The lowest BCUT2D eigenvalue weighted by atomic mass is 9.90. The van der Waals surface area contributed by atoms with E-state index in [4.69, 9.17) is 16.3 Å². The van der Waals surface area contributed by atoms with Crippen LogP contribution >= 0.6 is 11.6 Å². The number of benzene rings is 2. The molecule has 4 heteroatoms. The Kier molecular flexibility index (Phi) is 5.54. The van der Waals surface area contributed by atoms with Gasteiger partial charge < -0.3 is 4.74 Å². The van der Waals surface area contributed by atoms with Gasteiger partial charge in [0, 0.05) is 29.6 Å². The second kappa shape index (κ2) is 7.82. The number of nitrogens with zero attached hydrogens (tertiary/aromatic N) is 1. The molecule has 0 radical (unpaired) electrons. The number of hydrogen-bond acceptors (Lipinski definition) is 3. The maximum atomic E-state index is 12.7. The smallest absolute Gasteiger partial charge is 0.167 e. The van der Waals surface area contributed by atoms with Crippen LogP contribution in [0.15, 0.2) is 48.5 Å². The van der Waals surface area contributed by atoms with Gasteiger partial charge in [-0.25, -0.2) is 0 Å². The van der Waals surface area contributed by atoms with E-state index in [9.17, 15) is 4.79 Å². The molecule has 1 heterocycles. The van der Waals surface area contributed by atoms with Crippen LogP contribution < -0.4 is 4.74 Å². The molecule has 0 N–H and O–H groups in total. The first kappa shape index (κ1) is 17.0. The zero-order valence-corrected chi connectivity index (χ0v) is 14.6. The number of likely N-dealkylation sites (tertiary alicyclic amines) is 1. The Morgan fingerprint density at radius 2 is 2.04 bits per heavy atom. The average molecular weight is 344 g/mol. The largest absolute Gasteiger partial charge is 0.497 e. The van der Waals surface area contributed by atoms with E-state index in [0.29, 0.717) is 5.02 Å². The molecule has 0 saturated carbocycles. The second-order valence-electron chi connectivity index (χ2n) is 6.30. The summed E-state index contributed by atoms with van der Waals surface area (Å²) in [5.41, 5.74) is 1.97. The summed E-state index contributed by atoms with van der Waals surface area (Å²) in [5, 5.41) is 0.662. The molecule has 1 aliphatic rings. The van der Waals surface area contributed by atoms with Crippen LogP contribution in [-0.2, 0) is 6.54 Å². The standard InChI is InChI=1S/C20H22ClNO2/c1-24-19-6-2-4-15(12-19)13-22-11-3-5-17(14-22)20(23)16-7-9-18(21)10-8-16/h2,4,6-10,12,17H,3,5,11,13-14H2,1H3/t17-/m0/s1. The molecule has 1 aliphatic heterocycles. The highest BCUT2D eigenvalue weighted by molar-refractivity contribution is 6.30. The third-order valence-electron chi connectivity index (χ3n) is 4.55. The summed E-state index contributed by atoms with van der Waals surface area (Å²) in [7, 11) is 1.68. The monoisotopic (exact) mass is 343 g/mol. The molecule has 1 saturated heterocycles. The van der Waals surface area contributed by atoms with Gasteiger partial charge in [0.2, 0.25) is 0 Å². The summed E-state index contributed by atoms with van der Waals surface area (Å²) >= 11 is 5.91. The zero-order valence-electron chi connectivity index (χ0n) is 13.9. The highest BCUT2D eigenvalue weighted by Gasteiger charge is 2.26. The van der Waals surface area contributed by atoms with Crippen molar-refractivity contribution in [1.29, 1.82) is 0 Å². The van der Waals surface area contributed by atoms with Crippen LogP contribution in [0.4, 0.5) is 0 Å². The Balaban J connectivity index is 1.65. The van der Waals surface area contributed by atoms with E-state index in [1.54, 1.807) is 19.2 Å². The molecular formula is C20H22ClNO2. The Morgan fingerprint density at radius 1 is 1.25 bits per heavy atom. The van der Waals surface area contributed by atoms with Crippen molar-refractivity contribution >= 4 is 17.4 Å². The molecule has 1 atom stereocenters. The Hall–Kier alpha value is -1.84. The van der Waals surface area contributed by atoms with Crippen LogP contribution in [0.1, 0.15) is 28.8 Å². The Bertz CT molecular complexity index is 699. The van der Waals surface area contributed by atoms with Crippen molar-refractivity contribution in [1.82, 2.24) is 4.90 Å². The van der Waals surface area contributed by atoms with Crippen molar-refractivity contribution in [2.45, 2.75) is 19.4 Å². The number of carbonyl (C=O) groups is 1. The number of ether oxygens (including phenoxy) is 1. The van der Waals surface area contributed by atoms with Crippen molar-refractivity contribution < 1.29 is 9.53 Å². The summed E-state index contributed by atoms with van der Waals surface area (Å²) in [6.07, 6.45) is 2.00. The van der Waals surface area contributed by atoms with E-state index in [2.05, 4.69) is 17.0 Å². The summed E-state index contributed by atoms with van der Waals surface area (Å²) in [5.74, 6) is 1.16. The predicted molar refractivity (Wildman–Crippen MR) is 96.8 cm³/mol. The molecule has 24 heavy (non-hydrogen) atoms. The number of Topliss-reactive ketones (excluding diaryl/α,β-unsaturated/α-hetero) is 1. The van der Waals surface area contributed by atoms with Crippen molar-refractivity contribution in [2.75, 3.05) is 20.2 Å². The highest BCUT2D eigenvalue weighted by atomic mass is 35.5. The third-order valence-corrected chi connectivity index (χ3v) is 4.80. The molecule has 0 spiro atoms. The lowest BCUT2D eigenvalue weighted by Crippen LogP contribution is -2.38. The zero-order chi connectivity index (χ0) is 16.9. The lowest BCUT2D eigenvalue weighted by Gasteiger charge is -2.32. The van der Waals surface area contributed by atoms with E-state index in [0.717, 1.165) is 43.8 Å². The van der Waals surface area contributed by atoms with E-state index in [1.165, 1.54) is 5.56 Å². The summed E-state index contributed by atoms with van der Waals surface area (Å²) in [6.45, 7) is 2.68. The summed E-state index contributed by atoms with van der Waals surface area (Å²) < 4.78 is 5.29. The molecular weight excluding hydrogens is 322 g/mol. The van der Waals surface area contributed by atoms with Gasteiger partial charge in [-0.2, -0.15) is 0 Å². The van der Waals surface area contributed by atoms with Gasteiger partial charge in [-0.3, -0.25) is 9.69 Å². The van der Waals surface area contributed by atoms with Gasteiger partial charge in [0.05, 0.1) is 7.11 Å². The van der Waals surface area contributed by atoms with E-state index in [1.807, 2.05) is 24.3 Å². The van der Waals surface area contributed by atoms with Crippen LogP contribution in [-0.4, -0.2) is 30.9 Å². The number of methoxy groups -OCH3 is 1. The normalized spacial score (nSPS) is 18.3. The van der Waals surface area contributed by atoms with Gasteiger partial charge in [-0.1, -0.05) is 23.7 Å². The second-order valence-corrected chi connectivity index (χ2v) is 6.73. The van der Waals surface area contributed by atoms with Crippen molar-refractivity contribution in [3.63, 3.8) is 0 Å². The number of ketones is 1. The highest BCUT2D eigenvalue weighted by Crippen LogP contribution is 2.24. The molecule has 1 fully saturated rings. The number of hydrogen-bond donors (Lipinski definition) is 0. The number of carbonyl (C=O) groups excluding carboxylic acids is 1. The van der Waals surface area contributed by atoms with Crippen LogP contribution in [0.3, 0.4) is 0 Å². The molecule has 0 aromatic heterocycles. The molecule has 3 nitrogen and oxygen atoms in total. The lowest BCUT2D eigenvalue weighted by molar-refractivity contribution is 0.0811. The summed E-state index contributed by atoms with van der Waals surface area (Å²) in [4.78, 5) is 15.1. The minimum atomic E-state index is 0.0607. The topological polar surface area (TPSA) is 29.5 Å². The first-order chi connectivity index (χ1) is 11.7. The predicted octanol–water partition coefficient (Wildman–Crippen LogP) is 4.44. The van der Waals surface area contributed by atoms with Gasteiger partial charge in [0.1, 0.15) is 5.75 Å². The fraction of sp³-hybridized carbons (Fsp3) is 0.350. The van der Waals surface area contributed by atoms with Crippen LogP contribution in [0.5, 0.6) is 5.75 Å². The van der Waals surface area contributed by atoms with Crippen LogP contribution in [0.2, 0.25) is 5.02 Å².